The molecular weight excluding hydrogens is 236 g/mol. The molecule has 2 atom stereocenters. The maximum atomic E-state index is 10.3. The molecule has 112 valence electrons. The number of aliphatic hydroxyl groups excluding tert-OH is 1. The van der Waals surface area contributed by atoms with Crippen molar-refractivity contribution in [3.63, 3.8) is 0 Å². The van der Waals surface area contributed by atoms with Gasteiger partial charge >= 0.3 is 0 Å². The molecule has 2 heteroatoms. The predicted molar refractivity (Wildman–Crippen MR) is 83.3 cm³/mol. The first kappa shape index (κ1) is 18.2. The number of rotatable bonds is 10. The lowest BCUT2D eigenvalue weighted by Gasteiger charge is -2.23. The van der Waals surface area contributed by atoms with Crippen LogP contribution < -0.4 is 0 Å². The zero-order chi connectivity index (χ0) is 14.9. The topological polar surface area (TPSA) is 40.5 Å². The summed E-state index contributed by atoms with van der Waals surface area (Å²) in [5.41, 5.74) is 0.822. The van der Waals surface area contributed by atoms with Crippen LogP contribution in [0.15, 0.2) is 24.0 Å². The van der Waals surface area contributed by atoms with Crippen molar-refractivity contribution in [3.8, 4) is 0 Å². The van der Waals surface area contributed by atoms with E-state index in [2.05, 4.69) is 26.5 Å². The van der Waals surface area contributed by atoms with Crippen molar-refractivity contribution in [2.75, 3.05) is 0 Å². The fourth-order valence-electron chi connectivity index (χ4n) is 2.21. The van der Waals surface area contributed by atoms with Crippen LogP contribution in [0.3, 0.4) is 0 Å². The Hall–Kier alpha value is -0.760. The van der Waals surface area contributed by atoms with Crippen molar-refractivity contribution in [1.82, 2.24) is 0 Å². The van der Waals surface area contributed by atoms with Crippen LogP contribution in [0.25, 0.3) is 0 Å². The Labute approximate surface area is 119 Å². The molecule has 0 aliphatic carbocycles. The van der Waals surface area contributed by atoms with Crippen LogP contribution in [0.2, 0.25) is 0 Å². The van der Waals surface area contributed by atoms with E-state index in [1.165, 1.54) is 12.0 Å². The lowest BCUT2D eigenvalue weighted by Crippen LogP contribution is -2.23. The van der Waals surface area contributed by atoms with E-state index in [1.54, 1.807) is 0 Å². The van der Waals surface area contributed by atoms with E-state index in [-0.39, 0.29) is 11.7 Å². The van der Waals surface area contributed by atoms with Gasteiger partial charge in [0.1, 0.15) is 0 Å². The lowest BCUT2D eigenvalue weighted by molar-refractivity contribution is 0.0393. The molecule has 0 radical (unpaired) electrons. The molecule has 0 aliphatic rings. The molecule has 0 bridgehead atoms. The minimum Gasteiger partial charge on any atom is -0.513 e. The van der Waals surface area contributed by atoms with Crippen molar-refractivity contribution in [3.05, 3.63) is 24.0 Å². The molecule has 0 saturated carbocycles. The molecule has 2 N–H and O–H groups in total. The van der Waals surface area contributed by atoms with E-state index >= 15 is 0 Å². The Morgan fingerprint density at radius 1 is 1.37 bits per heavy atom. The SMILES string of the molecule is C=C(O)C(C)CCCC(C)(O)CC/C=C(\C)CCC. The van der Waals surface area contributed by atoms with Gasteiger partial charge in [-0.05, 0) is 52.4 Å². The molecule has 0 saturated heterocycles. The summed E-state index contributed by atoms with van der Waals surface area (Å²) in [7, 11) is 0. The fourth-order valence-corrected chi connectivity index (χ4v) is 2.21. The van der Waals surface area contributed by atoms with Crippen LogP contribution in [0, 0.1) is 5.92 Å². The van der Waals surface area contributed by atoms with Gasteiger partial charge in [0, 0.05) is 5.92 Å². The van der Waals surface area contributed by atoms with Gasteiger partial charge in [-0.1, -0.05) is 38.5 Å². The molecule has 0 amide bonds. The number of allylic oxidation sites excluding steroid dienone is 3. The maximum Gasteiger partial charge on any atom is 0.0879 e. The van der Waals surface area contributed by atoms with Gasteiger partial charge in [-0.15, -0.1) is 0 Å². The molecule has 19 heavy (non-hydrogen) atoms. The Balaban J connectivity index is 3.92. The summed E-state index contributed by atoms with van der Waals surface area (Å²) in [6, 6.07) is 0. The van der Waals surface area contributed by atoms with Crippen molar-refractivity contribution in [2.24, 2.45) is 5.92 Å². The van der Waals surface area contributed by atoms with E-state index in [0.29, 0.717) is 0 Å². The molecule has 0 heterocycles. The van der Waals surface area contributed by atoms with Gasteiger partial charge in [0.05, 0.1) is 11.4 Å². The Morgan fingerprint density at radius 3 is 2.53 bits per heavy atom. The van der Waals surface area contributed by atoms with Crippen LogP contribution in [-0.2, 0) is 0 Å². The third kappa shape index (κ3) is 9.77. The summed E-state index contributed by atoms with van der Waals surface area (Å²) in [4.78, 5) is 0. The second kappa shape index (κ2) is 9.19. The first-order valence-electron chi connectivity index (χ1n) is 7.54. The first-order chi connectivity index (χ1) is 8.78. The minimum atomic E-state index is -0.598. The van der Waals surface area contributed by atoms with Gasteiger partial charge in [0.2, 0.25) is 0 Å². The Morgan fingerprint density at radius 2 is 2.00 bits per heavy atom. The minimum absolute atomic E-state index is 0.127. The normalized spacial score (nSPS) is 17.0. The van der Waals surface area contributed by atoms with E-state index in [4.69, 9.17) is 0 Å². The predicted octanol–water partition coefficient (Wildman–Crippen LogP) is 5.14. The summed E-state index contributed by atoms with van der Waals surface area (Å²) < 4.78 is 0. The van der Waals surface area contributed by atoms with Crippen LogP contribution in [0.4, 0.5) is 0 Å². The third-order valence-electron chi connectivity index (χ3n) is 3.74. The molecule has 0 aromatic rings. The van der Waals surface area contributed by atoms with E-state index in [1.807, 2.05) is 13.8 Å². The van der Waals surface area contributed by atoms with Crippen LogP contribution >= 0.6 is 0 Å². The molecule has 2 unspecified atom stereocenters. The Bertz CT molecular complexity index is 290. The standard InChI is InChI=1S/C17H32O2/c1-6-9-14(2)10-7-12-17(5,19)13-8-11-15(3)16(4)18/h10,15,18-19H,4,6-9,11-13H2,1-3,5H3/b14-10+. The summed E-state index contributed by atoms with van der Waals surface area (Å²) in [6.07, 6.45) is 8.92. The highest BCUT2D eigenvalue weighted by Gasteiger charge is 2.19. The van der Waals surface area contributed by atoms with Crippen LogP contribution in [0.1, 0.15) is 72.6 Å². The Kier molecular flexibility index (Phi) is 8.82. The molecule has 0 rings (SSSR count). The van der Waals surface area contributed by atoms with E-state index in [9.17, 15) is 10.2 Å². The molecular formula is C17H32O2. The summed E-state index contributed by atoms with van der Waals surface area (Å²) in [5, 5.41) is 19.5. The second-order valence-electron chi connectivity index (χ2n) is 6.12. The first-order valence-corrected chi connectivity index (χ1v) is 7.54. The van der Waals surface area contributed by atoms with E-state index in [0.717, 1.165) is 38.5 Å². The number of aliphatic hydroxyl groups is 2. The van der Waals surface area contributed by atoms with Gasteiger partial charge < -0.3 is 10.2 Å². The molecule has 0 fully saturated rings. The van der Waals surface area contributed by atoms with Crippen molar-refractivity contribution in [1.29, 1.82) is 0 Å². The monoisotopic (exact) mass is 268 g/mol. The van der Waals surface area contributed by atoms with Crippen molar-refractivity contribution < 1.29 is 10.2 Å². The van der Waals surface area contributed by atoms with Crippen molar-refractivity contribution in [2.45, 2.75) is 78.2 Å². The largest absolute Gasteiger partial charge is 0.513 e. The van der Waals surface area contributed by atoms with Crippen LogP contribution in [-0.4, -0.2) is 15.8 Å². The number of hydrogen-bond acceptors (Lipinski definition) is 2. The highest BCUT2D eigenvalue weighted by Crippen LogP contribution is 2.23. The second-order valence-corrected chi connectivity index (χ2v) is 6.12. The maximum absolute atomic E-state index is 10.3. The van der Waals surface area contributed by atoms with Crippen molar-refractivity contribution >= 4 is 0 Å². The van der Waals surface area contributed by atoms with Gasteiger partial charge in [0.25, 0.3) is 0 Å². The molecule has 2 nitrogen and oxygen atoms in total. The zero-order valence-electron chi connectivity index (χ0n) is 13.2. The van der Waals surface area contributed by atoms with E-state index < -0.39 is 5.60 Å². The molecule has 0 aromatic heterocycles. The summed E-state index contributed by atoms with van der Waals surface area (Å²) in [5.74, 6) is 0.375. The smallest absolute Gasteiger partial charge is 0.0879 e. The fraction of sp³-hybridized carbons (Fsp3) is 0.765. The lowest BCUT2D eigenvalue weighted by atomic mass is 9.91. The highest BCUT2D eigenvalue weighted by molar-refractivity contribution is 4.98. The highest BCUT2D eigenvalue weighted by atomic mass is 16.3. The zero-order valence-corrected chi connectivity index (χ0v) is 13.2. The molecule has 0 spiro atoms. The number of hydrogen-bond donors (Lipinski definition) is 2. The third-order valence-corrected chi connectivity index (χ3v) is 3.74. The summed E-state index contributed by atoms with van der Waals surface area (Å²) >= 11 is 0. The molecule has 0 aliphatic heterocycles. The quantitative estimate of drug-likeness (QED) is 0.425. The summed E-state index contributed by atoms with van der Waals surface area (Å²) in [6.45, 7) is 11.8. The average molecular weight is 268 g/mol. The average Bonchev–Trinajstić information content (AvgIpc) is 2.28. The van der Waals surface area contributed by atoms with Gasteiger partial charge in [0.15, 0.2) is 0 Å². The van der Waals surface area contributed by atoms with Gasteiger partial charge in [-0.2, -0.15) is 0 Å². The molecule has 0 aromatic carbocycles. The van der Waals surface area contributed by atoms with Gasteiger partial charge in [-0.3, -0.25) is 0 Å². The van der Waals surface area contributed by atoms with Crippen LogP contribution in [0.5, 0.6) is 0 Å². The van der Waals surface area contributed by atoms with Gasteiger partial charge in [-0.25, -0.2) is 0 Å².